The molecule has 3 aliphatic rings. The molecule has 32 heavy (non-hydrogen) atoms. The predicted octanol–water partition coefficient (Wildman–Crippen LogP) is 3.19. The van der Waals surface area contributed by atoms with E-state index in [4.69, 9.17) is 9.47 Å². The van der Waals surface area contributed by atoms with Crippen molar-refractivity contribution in [2.24, 2.45) is 4.99 Å². The second-order valence-corrected chi connectivity index (χ2v) is 9.05. The molecule has 5 rings (SSSR count). The lowest BCUT2D eigenvalue weighted by Gasteiger charge is -2.32. The summed E-state index contributed by atoms with van der Waals surface area (Å²) in [5.74, 6) is 1.51. The highest BCUT2D eigenvalue weighted by molar-refractivity contribution is 6.07. The highest BCUT2D eigenvalue weighted by Crippen LogP contribution is 2.37. The Morgan fingerprint density at radius 1 is 1.03 bits per heavy atom. The lowest BCUT2D eigenvalue weighted by molar-refractivity contribution is 0.0775. The number of hydrogen-bond acceptors (Lipinski definition) is 6. The van der Waals surface area contributed by atoms with Gasteiger partial charge in [-0.05, 0) is 61.3 Å². The summed E-state index contributed by atoms with van der Waals surface area (Å²) in [5, 5.41) is 1.97. The number of methoxy groups -OCH3 is 1. The number of carbonyl (C=O) groups excluding carboxylic acids is 1. The number of hydrogen-bond donors (Lipinski definition) is 0. The molecule has 1 atom stereocenters. The van der Waals surface area contributed by atoms with Crippen molar-refractivity contribution >= 4 is 28.6 Å². The van der Waals surface area contributed by atoms with Crippen LogP contribution in [0.25, 0.3) is 10.8 Å². The van der Waals surface area contributed by atoms with Crippen molar-refractivity contribution in [3.05, 3.63) is 29.8 Å². The summed E-state index contributed by atoms with van der Waals surface area (Å²) in [4.78, 5) is 24.6. The lowest BCUT2D eigenvalue weighted by atomic mass is 10.0. The number of ether oxygens (including phenoxy) is 2. The number of carbonyl (C=O) groups is 1. The fraction of sp³-hybridized carbons (Fsp3) is 0.520. The van der Waals surface area contributed by atoms with E-state index in [0.717, 1.165) is 80.7 Å². The predicted molar refractivity (Wildman–Crippen MR) is 127 cm³/mol. The summed E-state index contributed by atoms with van der Waals surface area (Å²) in [6.45, 7) is 6.98. The Morgan fingerprint density at radius 3 is 2.62 bits per heavy atom. The van der Waals surface area contributed by atoms with Crippen LogP contribution in [0.5, 0.6) is 11.5 Å². The Balaban J connectivity index is 1.33. The Bertz CT molecular complexity index is 1030. The summed E-state index contributed by atoms with van der Waals surface area (Å²) < 4.78 is 11.7. The molecule has 0 bridgehead atoms. The summed E-state index contributed by atoms with van der Waals surface area (Å²) in [6.07, 6.45) is 4.92. The van der Waals surface area contributed by atoms with E-state index < -0.39 is 0 Å². The molecular formula is C25H32N4O3. The van der Waals surface area contributed by atoms with E-state index in [1.807, 2.05) is 35.4 Å². The number of nitrogens with zero attached hydrogens (tertiary/aromatic N) is 4. The standard InChI is InChI=1S/C25H32N4O3/c1-27-8-10-28(11-9-27)6-4-12-32-24-16-18-13-21-22(14-19(18)15-23(24)31-2)26-17-20-5-3-7-29(20)25(21)30/h13-17,20H,3-12H2,1-2H3/t20-/m0/s1. The van der Waals surface area contributed by atoms with Crippen LogP contribution in [0.4, 0.5) is 5.69 Å². The Labute approximate surface area is 189 Å². The van der Waals surface area contributed by atoms with Gasteiger partial charge in [0.05, 0.1) is 31.0 Å². The summed E-state index contributed by atoms with van der Waals surface area (Å²) in [5.41, 5.74) is 1.41. The third-order valence-electron chi connectivity index (χ3n) is 6.89. The maximum atomic E-state index is 13.1. The topological polar surface area (TPSA) is 57.6 Å². The van der Waals surface area contributed by atoms with Gasteiger partial charge in [0.15, 0.2) is 11.5 Å². The van der Waals surface area contributed by atoms with Crippen LogP contribution in [0.1, 0.15) is 29.6 Å². The first-order valence-electron chi connectivity index (χ1n) is 11.7. The van der Waals surface area contributed by atoms with Crippen molar-refractivity contribution in [2.45, 2.75) is 25.3 Å². The van der Waals surface area contributed by atoms with Crippen molar-refractivity contribution in [1.29, 1.82) is 0 Å². The highest BCUT2D eigenvalue weighted by atomic mass is 16.5. The minimum absolute atomic E-state index is 0.0763. The van der Waals surface area contributed by atoms with Crippen LogP contribution in [-0.4, -0.2) is 92.9 Å². The number of rotatable bonds is 6. The van der Waals surface area contributed by atoms with E-state index in [9.17, 15) is 4.79 Å². The number of likely N-dealkylation sites (N-methyl/N-ethyl adjacent to an activating group) is 1. The van der Waals surface area contributed by atoms with Gasteiger partial charge in [0, 0.05) is 45.5 Å². The first kappa shape index (κ1) is 21.2. The molecule has 2 aromatic carbocycles. The highest BCUT2D eigenvalue weighted by Gasteiger charge is 2.31. The molecule has 7 nitrogen and oxygen atoms in total. The minimum Gasteiger partial charge on any atom is -0.493 e. The molecule has 0 radical (unpaired) electrons. The molecule has 2 fully saturated rings. The Hall–Kier alpha value is -2.64. The molecule has 0 unspecified atom stereocenters. The first-order valence-corrected chi connectivity index (χ1v) is 11.7. The zero-order chi connectivity index (χ0) is 22.1. The molecule has 0 N–H and O–H groups in total. The van der Waals surface area contributed by atoms with E-state index in [2.05, 4.69) is 21.8 Å². The number of benzene rings is 2. The zero-order valence-corrected chi connectivity index (χ0v) is 19.0. The van der Waals surface area contributed by atoms with Crippen LogP contribution in [0.2, 0.25) is 0 Å². The second kappa shape index (κ2) is 9.08. The van der Waals surface area contributed by atoms with Crippen LogP contribution in [0, 0.1) is 0 Å². The molecule has 3 heterocycles. The SMILES string of the molecule is COc1cc2cc3c(cc2cc1OCCCN1CCN(C)CC1)C(=O)N1CCC[C@H]1C=N3. The van der Waals surface area contributed by atoms with Gasteiger partial charge >= 0.3 is 0 Å². The van der Waals surface area contributed by atoms with Gasteiger partial charge < -0.3 is 24.2 Å². The van der Waals surface area contributed by atoms with E-state index >= 15 is 0 Å². The number of fused-ring (bicyclic) bond motifs is 3. The maximum Gasteiger partial charge on any atom is 0.256 e. The van der Waals surface area contributed by atoms with E-state index in [0.29, 0.717) is 17.9 Å². The molecule has 3 aliphatic heterocycles. The lowest BCUT2D eigenvalue weighted by Crippen LogP contribution is -2.44. The van der Waals surface area contributed by atoms with Gasteiger partial charge in [0.2, 0.25) is 0 Å². The molecule has 7 heteroatoms. The van der Waals surface area contributed by atoms with Gasteiger partial charge in [-0.15, -0.1) is 0 Å². The van der Waals surface area contributed by atoms with Crippen molar-refractivity contribution in [2.75, 3.05) is 60.0 Å². The molecule has 2 saturated heterocycles. The molecule has 0 aliphatic carbocycles. The normalized spacial score (nSPS) is 21.5. The number of aliphatic imine (C=N–C) groups is 1. The van der Waals surface area contributed by atoms with Crippen molar-refractivity contribution in [3.8, 4) is 11.5 Å². The first-order chi connectivity index (χ1) is 15.6. The van der Waals surface area contributed by atoms with Crippen LogP contribution >= 0.6 is 0 Å². The van der Waals surface area contributed by atoms with Gasteiger partial charge in [0.25, 0.3) is 5.91 Å². The van der Waals surface area contributed by atoms with Crippen molar-refractivity contribution in [1.82, 2.24) is 14.7 Å². The zero-order valence-electron chi connectivity index (χ0n) is 19.0. The summed E-state index contributed by atoms with van der Waals surface area (Å²) in [6, 6.07) is 8.04. The summed E-state index contributed by atoms with van der Waals surface area (Å²) >= 11 is 0. The summed E-state index contributed by atoms with van der Waals surface area (Å²) in [7, 11) is 3.84. The van der Waals surface area contributed by atoms with Gasteiger partial charge in [-0.2, -0.15) is 0 Å². The van der Waals surface area contributed by atoms with Gasteiger partial charge in [-0.25, -0.2) is 0 Å². The van der Waals surface area contributed by atoms with E-state index in [1.165, 1.54) is 0 Å². The molecule has 0 spiro atoms. The fourth-order valence-electron chi connectivity index (χ4n) is 4.91. The molecule has 2 aromatic rings. The number of piperazine rings is 1. The average molecular weight is 437 g/mol. The monoisotopic (exact) mass is 436 g/mol. The Morgan fingerprint density at radius 2 is 1.81 bits per heavy atom. The van der Waals surface area contributed by atoms with Crippen LogP contribution in [0.3, 0.4) is 0 Å². The third kappa shape index (κ3) is 4.19. The largest absolute Gasteiger partial charge is 0.493 e. The van der Waals surface area contributed by atoms with Gasteiger partial charge in [-0.1, -0.05) is 0 Å². The second-order valence-electron chi connectivity index (χ2n) is 9.05. The van der Waals surface area contributed by atoms with Crippen molar-refractivity contribution < 1.29 is 14.3 Å². The molecule has 0 saturated carbocycles. The molecule has 170 valence electrons. The van der Waals surface area contributed by atoms with Crippen LogP contribution < -0.4 is 9.47 Å². The molecular weight excluding hydrogens is 404 g/mol. The van der Waals surface area contributed by atoms with E-state index in [1.54, 1.807) is 7.11 Å². The van der Waals surface area contributed by atoms with Gasteiger partial charge in [0.1, 0.15) is 0 Å². The van der Waals surface area contributed by atoms with Crippen molar-refractivity contribution in [3.63, 3.8) is 0 Å². The van der Waals surface area contributed by atoms with Crippen LogP contribution in [0.15, 0.2) is 29.3 Å². The molecule has 0 aromatic heterocycles. The smallest absolute Gasteiger partial charge is 0.256 e. The molecule has 1 amide bonds. The fourth-order valence-corrected chi connectivity index (χ4v) is 4.91. The third-order valence-corrected chi connectivity index (χ3v) is 6.89. The number of amides is 1. The van der Waals surface area contributed by atoms with E-state index in [-0.39, 0.29) is 11.9 Å². The van der Waals surface area contributed by atoms with Gasteiger partial charge in [-0.3, -0.25) is 9.79 Å². The van der Waals surface area contributed by atoms with Crippen LogP contribution in [-0.2, 0) is 0 Å². The minimum atomic E-state index is 0.0763. The maximum absolute atomic E-state index is 13.1. The average Bonchev–Trinajstić information content (AvgIpc) is 3.24. The quantitative estimate of drug-likeness (QED) is 0.651. The Kier molecular flexibility index (Phi) is 6.02.